The van der Waals surface area contributed by atoms with Gasteiger partial charge in [0.1, 0.15) is 5.75 Å². The van der Waals surface area contributed by atoms with Gasteiger partial charge >= 0.3 is 6.04 Å². The Kier molecular flexibility index (Phi) is 3.70. The molecule has 0 aliphatic heterocycles. The van der Waals surface area contributed by atoms with E-state index in [4.69, 9.17) is 14.9 Å². The molecule has 0 spiro atoms. The Bertz CT molecular complexity index is 360. The Morgan fingerprint density at radius 3 is 2.53 bits per heavy atom. The zero-order chi connectivity index (χ0) is 11.6. The van der Waals surface area contributed by atoms with E-state index in [0.717, 1.165) is 10.0 Å². The molecule has 5 heteroatoms. The fraction of sp³-hybridized carbons (Fsp3) is 0.400. The summed E-state index contributed by atoms with van der Waals surface area (Å²) in [4.78, 5) is 0. The van der Waals surface area contributed by atoms with Crippen molar-refractivity contribution in [1.29, 1.82) is 0 Å². The molecule has 0 amide bonds. The number of rotatable bonds is 3. The lowest BCUT2D eigenvalue weighted by molar-refractivity contribution is -0.256. The van der Waals surface area contributed by atoms with E-state index in [1.54, 1.807) is 19.1 Å². The summed E-state index contributed by atoms with van der Waals surface area (Å²) in [7, 11) is 1.49. The van der Waals surface area contributed by atoms with Crippen molar-refractivity contribution in [3.8, 4) is 5.75 Å². The van der Waals surface area contributed by atoms with Crippen LogP contribution in [0, 0.1) is 6.92 Å². The molecule has 0 aliphatic carbocycles. The van der Waals surface area contributed by atoms with Gasteiger partial charge in [-0.15, -0.1) is 0 Å². The predicted octanol–water partition coefficient (Wildman–Crippen LogP) is 1.92. The summed E-state index contributed by atoms with van der Waals surface area (Å²) in [6, 6.07) is 0.115. The van der Waals surface area contributed by atoms with Crippen molar-refractivity contribution < 1.29 is 19.3 Å². The Morgan fingerprint density at radius 2 is 2.07 bits per heavy atom. The maximum Gasteiger partial charge on any atom is 0.319 e. The molecule has 0 heterocycles. The van der Waals surface area contributed by atoms with Crippen LogP contribution in [0.1, 0.15) is 11.1 Å². The smallest absolute Gasteiger partial charge is 0.319 e. The normalized spacial score (nSPS) is 11.6. The molecule has 1 aromatic rings. The monoisotopic (exact) mass is 278 g/mol. The van der Waals surface area contributed by atoms with Crippen LogP contribution in [0.4, 0.5) is 4.39 Å². The highest BCUT2D eigenvalue weighted by Crippen LogP contribution is 2.29. The van der Waals surface area contributed by atoms with Crippen LogP contribution in [0.15, 0.2) is 16.6 Å². The standard InChI is InChI=1S/C10H12BrFO3/c1-6-3-8(11)9(15-2)4-7(6)5-10(12,13)14/h3-4,13-14H,5H2,1-2H3. The van der Waals surface area contributed by atoms with Crippen molar-refractivity contribution >= 4 is 15.9 Å². The quantitative estimate of drug-likeness (QED) is 0.831. The van der Waals surface area contributed by atoms with E-state index in [-0.39, 0.29) is 0 Å². The number of halogens is 2. The van der Waals surface area contributed by atoms with Crippen molar-refractivity contribution in [2.45, 2.75) is 19.4 Å². The highest BCUT2D eigenvalue weighted by molar-refractivity contribution is 9.10. The fourth-order valence-corrected chi connectivity index (χ4v) is 1.90. The van der Waals surface area contributed by atoms with E-state index < -0.39 is 12.5 Å². The third-order valence-corrected chi connectivity index (χ3v) is 2.65. The summed E-state index contributed by atoms with van der Waals surface area (Å²) in [6.45, 7) is 1.76. The molecule has 2 N–H and O–H groups in total. The molecule has 0 aromatic heterocycles. The van der Waals surface area contributed by atoms with Gasteiger partial charge in [0.2, 0.25) is 0 Å². The lowest BCUT2D eigenvalue weighted by atomic mass is 10.0. The van der Waals surface area contributed by atoms with Crippen molar-refractivity contribution in [2.24, 2.45) is 0 Å². The molecule has 1 aromatic carbocycles. The molecule has 15 heavy (non-hydrogen) atoms. The largest absolute Gasteiger partial charge is 0.496 e. The zero-order valence-electron chi connectivity index (χ0n) is 8.42. The second-order valence-corrected chi connectivity index (χ2v) is 4.16. The van der Waals surface area contributed by atoms with Gasteiger partial charge < -0.3 is 14.9 Å². The minimum atomic E-state index is -3.19. The lowest BCUT2D eigenvalue weighted by Crippen LogP contribution is -2.24. The third-order valence-electron chi connectivity index (χ3n) is 2.03. The van der Waals surface area contributed by atoms with Gasteiger partial charge in [-0.05, 0) is 46.1 Å². The number of hydrogen-bond donors (Lipinski definition) is 2. The Morgan fingerprint density at radius 1 is 1.47 bits per heavy atom. The highest BCUT2D eigenvalue weighted by Gasteiger charge is 2.23. The number of aryl methyl sites for hydroxylation is 1. The van der Waals surface area contributed by atoms with Gasteiger partial charge in [-0.25, -0.2) is 0 Å². The topological polar surface area (TPSA) is 49.7 Å². The molecule has 0 saturated heterocycles. The molecule has 0 bridgehead atoms. The van der Waals surface area contributed by atoms with Crippen LogP contribution in [0.25, 0.3) is 0 Å². The minimum Gasteiger partial charge on any atom is -0.496 e. The van der Waals surface area contributed by atoms with E-state index in [2.05, 4.69) is 15.9 Å². The lowest BCUT2D eigenvalue weighted by Gasteiger charge is -2.15. The van der Waals surface area contributed by atoms with E-state index >= 15 is 0 Å². The molecular weight excluding hydrogens is 267 g/mol. The average molecular weight is 279 g/mol. The summed E-state index contributed by atoms with van der Waals surface area (Å²) in [6.07, 6.45) is -0.484. The number of ether oxygens (including phenoxy) is 1. The van der Waals surface area contributed by atoms with Crippen molar-refractivity contribution in [1.82, 2.24) is 0 Å². The average Bonchev–Trinajstić information content (AvgIpc) is 2.07. The van der Waals surface area contributed by atoms with Crippen LogP contribution in [0.2, 0.25) is 0 Å². The van der Waals surface area contributed by atoms with Gasteiger partial charge in [-0.2, -0.15) is 4.39 Å². The SMILES string of the molecule is COc1cc(CC(O)(O)F)c(C)cc1Br. The number of alkyl halides is 1. The minimum absolute atomic E-state index is 0.484. The van der Waals surface area contributed by atoms with Crippen molar-refractivity contribution in [3.05, 3.63) is 27.7 Å². The van der Waals surface area contributed by atoms with Gasteiger partial charge in [0, 0.05) is 0 Å². The van der Waals surface area contributed by atoms with E-state index in [1.165, 1.54) is 7.11 Å². The molecule has 0 saturated carbocycles. The zero-order valence-corrected chi connectivity index (χ0v) is 10.0. The van der Waals surface area contributed by atoms with Crippen molar-refractivity contribution in [3.63, 3.8) is 0 Å². The van der Waals surface area contributed by atoms with Gasteiger partial charge in [0.25, 0.3) is 0 Å². The maximum absolute atomic E-state index is 12.6. The molecule has 1 rings (SSSR count). The molecule has 0 atom stereocenters. The highest BCUT2D eigenvalue weighted by atomic mass is 79.9. The summed E-state index contributed by atoms with van der Waals surface area (Å²) in [5, 5.41) is 17.3. The summed E-state index contributed by atoms with van der Waals surface area (Å²) >= 11 is 3.28. The van der Waals surface area contributed by atoms with Crippen LogP contribution in [-0.2, 0) is 6.42 Å². The second kappa shape index (κ2) is 4.47. The Balaban J connectivity index is 3.08. The van der Waals surface area contributed by atoms with Gasteiger partial charge in [-0.1, -0.05) is 0 Å². The summed E-state index contributed by atoms with van der Waals surface area (Å²) in [5.74, 6) is 0.528. The molecule has 0 aliphatic rings. The number of benzene rings is 1. The van der Waals surface area contributed by atoms with Crippen molar-refractivity contribution in [2.75, 3.05) is 7.11 Å². The van der Waals surface area contributed by atoms with Crippen LogP contribution >= 0.6 is 15.9 Å². The first-order valence-corrected chi connectivity index (χ1v) is 5.09. The number of aliphatic hydroxyl groups is 2. The Labute approximate surface area is 95.6 Å². The molecule has 3 nitrogen and oxygen atoms in total. The number of hydrogen-bond acceptors (Lipinski definition) is 3. The first-order valence-electron chi connectivity index (χ1n) is 4.30. The maximum atomic E-state index is 12.6. The molecule has 84 valence electrons. The predicted molar refractivity (Wildman–Crippen MR) is 57.4 cm³/mol. The molecular formula is C10H12BrFO3. The Hall–Kier alpha value is -0.650. The third kappa shape index (κ3) is 3.44. The van der Waals surface area contributed by atoms with Crippen LogP contribution in [0.3, 0.4) is 0 Å². The van der Waals surface area contributed by atoms with Gasteiger partial charge in [-0.3, -0.25) is 0 Å². The van der Waals surface area contributed by atoms with Gasteiger partial charge in [0.05, 0.1) is 18.0 Å². The molecule has 0 unspecified atom stereocenters. The molecule has 0 fully saturated rings. The van der Waals surface area contributed by atoms with Crippen LogP contribution in [-0.4, -0.2) is 23.4 Å². The van der Waals surface area contributed by atoms with Crippen LogP contribution in [0.5, 0.6) is 5.75 Å². The first kappa shape index (κ1) is 12.4. The van der Waals surface area contributed by atoms with E-state index in [9.17, 15) is 4.39 Å². The van der Waals surface area contributed by atoms with E-state index in [1.807, 2.05) is 0 Å². The summed E-state index contributed by atoms with van der Waals surface area (Å²) < 4.78 is 18.4. The van der Waals surface area contributed by atoms with Gasteiger partial charge in [0.15, 0.2) is 0 Å². The summed E-state index contributed by atoms with van der Waals surface area (Å²) in [5.41, 5.74) is 1.25. The van der Waals surface area contributed by atoms with E-state index in [0.29, 0.717) is 11.3 Å². The number of methoxy groups -OCH3 is 1. The first-order chi connectivity index (χ1) is 6.83. The van der Waals surface area contributed by atoms with Crippen LogP contribution < -0.4 is 4.74 Å². The second-order valence-electron chi connectivity index (χ2n) is 3.31. The molecule has 0 radical (unpaired) electrons. The fourth-order valence-electron chi connectivity index (χ4n) is 1.28.